The molecule has 1 aromatic heterocycles. The molecule has 2 N–H and O–H groups in total. The zero-order chi connectivity index (χ0) is 16.9. The monoisotopic (exact) mass is 320 g/mol. The summed E-state index contributed by atoms with van der Waals surface area (Å²) in [4.78, 5) is 21.8. The van der Waals surface area contributed by atoms with Crippen LogP contribution in [0.3, 0.4) is 0 Å². The molecular weight excluding hydrogens is 300 g/mol. The summed E-state index contributed by atoms with van der Waals surface area (Å²) in [5.74, 6) is 0.248. The summed E-state index contributed by atoms with van der Waals surface area (Å²) in [7, 11) is 0. The van der Waals surface area contributed by atoms with Gasteiger partial charge in [0.15, 0.2) is 11.5 Å². The first-order chi connectivity index (χ1) is 11.7. The van der Waals surface area contributed by atoms with Crippen molar-refractivity contribution < 1.29 is 4.79 Å². The summed E-state index contributed by atoms with van der Waals surface area (Å²) >= 11 is 0. The highest BCUT2D eigenvalue weighted by Crippen LogP contribution is 2.19. The molecule has 0 unspecified atom stereocenters. The first kappa shape index (κ1) is 15.9. The van der Waals surface area contributed by atoms with E-state index in [1.807, 2.05) is 55.5 Å². The summed E-state index contributed by atoms with van der Waals surface area (Å²) in [5, 5.41) is 6.10. The molecule has 2 aromatic carbocycles. The van der Waals surface area contributed by atoms with Gasteiger partial charge in [-0.15, -0.1) is 0 Å². The van der Waals surface area contributed by atoms with Gasteiger partial charge in [0.25, 0.3) is 5.91 Å². The lowest BCUT2D eigenvalue weighted by atomic mass is 10.2. The third-order valence-corrected chi connectivity index (χ3v) is 3.60. The van der Waals surface area contributed by atoms with Crippen molar-refractivity contribution >= 4 is 28.4 Å². The van der Waals surface area contributed by atoms with Crippen LogP contribution < -0.4 is 10.6 Å². The van der Waals surface area contributed by atoms with E-state index in [-0.39, 0.29) is 5.91 Å². The topological polar surface area (TPSA) is 66.9 Å². The molecular formula is C19H20N4O. The summed E-state index contributed by atoms with van der Waals surface area (Å²) in [6.07, 6.45) is 0.938. The van der Waals surface area contributed by atoms with E-state index in [1.54, 1.807) is 0 Å². The fourth-order valence-corrected chi connectivity index (χ4v) is 2.44. The van der Waals surface area contributed by atoms with Gasteiger partial charge in [-0.05, 0) is 43.2 Å². The van der Waals surface area contributed by atoms with Crippen LogP contribution in [0.4, 0.5) is 11.5 Å². The van der Waals surface area contributed by atoms with Gasteiger partial charge >= 0.3 is 0 Å². The normalized spacial score (nSPS) is 10.6. The van der Waals surface area contributed by atoms with Gasteiger partial charge in [-0.2, -0.15) is 0 Å². The van der Waals surface area contributed by atoms with Crippen molar-refractivity contribution in [1.82, 2.24) is 9.97 Å². The van der Waals surface area contributed by atoms with Gasteiger partial charge in [-0.1, -0.05) is 31.2 Å². The van der Waals surface area contributed by atoms with Gasteiger partial charge in [0.2, 0.25) is 0 Å². The predicted molar refractivity (Wildman–Crippen MR) is 97.5 cm³/mol. The standard InChI is InChI=1S/C19H20N4O/c1-3-11-20-18-17(22-15-9-4-5-10-16(15)23-18)19(24)21-14-8-6-7-13(2)12-14/h4-10,12H,3,11H2,1-2H3,(H,20,23)(H,21,24). The molecule has 0 saturated heterocycles. The molecule has 0 radical (unpaired) electrons. The number of amides is 1. The highest BCUT2D eigenvalue weighted by Gasteiger charge is 2.16. The molecule has 5 heteroatoms. The number of rotatable bonds is 5. The molecule has 0 atom stereocenters. The molecule has 0 aliphatic heterocycles. The van der Waals surface area contributed by atoms with Crippen LogP contribution in [0.1, 0.15) is 29.4 Å². The first-order valence-electron chi connectivity index (χ1n) is 8.06. The molecule has 3 rings (SSSR count). The molecule has 1 heterocycles. The van der Waals surface area contributed by atoms with E-state index in [9.17, 15) is 4.79 Å². The third-order valence-electron chi connectivity index (χ3n) is 3.60. The van der Waals surface area contributed by atoms with Crippen molar-refractivity contribution in [3.63, 3.8) is 0 Å². The Morgan fingerprint density at radius 1 is 1.04 bits per heavy atom. The highest BCUT2D eigenvalue weighted by molar-refractivity contribution is 6.07. The van der Waals surface area contributed by atoms with Crippen LogP contribution >= 0.6 is 0 Å². The number of nitrogens with zero attached hydrogens (tertiary/aromatic N) is 2. The minimum atomic E-state index is -0.266. The number of fused-ring (bicyclic) bond motifs is 1. The lowest BCUT2D eigenvalue weighted by Gasteiger charge is -2.12. The molecule has 0 saturated carbocycles. The number of carbonyl (C=O) groups excluding carboxylic acids is 1. The van der Waals surface area contributed by atoms with Crippen molar-refractivity contribution in [2.45, 2.75) is 20.3 Å². The third kappa shape index (κ3) is 3.51. The zero-order valence-corrected chi connectivity index (χ0v) is 13.8. The van der Waals surface area contributed by atoms with Gasteiger partial charge in [0.1, 0.15) is 0 Å². The number of benzene rings is 2. The van der Waals surface area contributed by atoms with Gasteiger partial charge in [-0.25, -0.2) is 9.97 Å². The van der Waals surface area contributed by atoms with Crippen LogP contribution in [-0.4, -0.2) is 22.4 Å². The average molecular weight is 320 g/mol. The second-order valence-corrected chi connectivity index (χ2v) is 5.66. The van der Waals surface area contributed by atoms with Crippen LogP contribution in [-0.2, 0) is 0 Å². The number of carbonyl (C=O) groups is 1. The predicted octanol–water partition coefficient (Wildman–Crippen LogP) is 4.01. The minimum absolute atomic E-state index is 0.266. The number of aromatic nitrogens is 2. The summed E-state index contributed by atoms with van der Waals surface area (Å²) in [6.45, 7) is 4.78. The molecule has 0 bridgehead atoms. The fourth-order valence-electron chi connectivity index (χ4n) is 2.44. The largest absolute Gasteiger partial charge is 0.368 e. The Bertz CT molecular complexity index is 876. The molecule has 5 nitrogen and oxygen atoms in total. The molecule has 122 valence electrons. The fraction of sp³-hybridized carbons (Fsp3) is 0.211. The smallest absolute Gasteiger partial charge is 0.278 e. The molecule has 0 fully saturated rings. The molecule has 24 heavy (non-hydrogen) atoms. The Balaban J connectivity index is 1.97. The second kappa shape index (κ2) is 7.08. The van der Waals surface area contributed by atoms with Crippen LogP contribution in [0.2, 0.25) is 0 Å². The lowest BCUT2D eigenvalue weighted by molar-refractivity contribution is 0.102. The maximum absolute atomic E-state index is 12.7. The molecule has 0 spiro atoms. The van der Waals surface area contributed by atoms with Crippen LogP contribution in [0.15, 0.2) is 48.5 Å². The molecule has 0 aliphatic rings. The number of para-hydroxylation sites is 2. The summed E-state index contributed by atoms with van der Waals surface area (Å²) in [6, 6.07) is 15.2. The Kier molecular flexibility index (Phi) is 4.70. The van der Waals surface area contributed by atoms with Crippen LogP contribution in [0.25, 0.3) is 11.0 Å². The zero-order valence-electron chi connectivity index (χ0n) is 13.8. The first-order valence-corrected chi connectivity index (χ1v) is 8.06. The number of aryl methyl sites for hydroxylation is 1. The van der Waals surface area contributed by atoms with Gasteiger partial charge in [-0.3, -0.25) is 4.79 Å². The molecule has 1 amide bonds. The Morgan fingerprint density at radius 3 is 2.50 bits per heavy atom. The van der Waals surface area contributed by atoms with Crippen molar-refractivity contribution in [3.05, 3.63) is 59.8 Å². The SMILES string of the molecule is CCCNc1nc2ccccc2nc1C(=O)Nc1cccc(C)c1. The average Bonchev–Trinajstić information content (AvgIpc) is 2.59. The number of nitrogens with one attached hydrogen (secondary N) is 2. The Morgan fingerprint density at radius 2 is 1.79 bits per heavy atom. The maximum atomic E-state index is 12.7. The van der Waals surface area contributed by atoms with E-state index in [0.717, 1.165) is 29.7 Å². The highest BCUT2D eigenvalue weighted by atomic mass is 16.1. The minimum Gasteiger partial charge on any atom is -0.368 e. The van der Waals surface area contributed by atoms with E-state index >= 15 is 0 Å². The second-order valence-electron chi connectivity index (χ2n) is 5.66. The number of hydrogen-bond donors (Lipinski definition) is 2. The lowest BCUT2D eigenvalue weighted by Crippen LogP contribution is -2.18. The van der Waals surface area contributed by atoms with Crippen molar-refractivity contribution in [3.8, 4) is 0 Å². The van der Waals surface area contributed by atoms with E-state index in [2.05, 4.69) is 27.5 Å². The Hall–Kier alpha value is -2.95. The summed E-state index contributed by atoms with van der Waals surface area (Å²) < 4.78 is 0. The van der Waals surface area contributed by atoms with Gasteiger partial charge in [0.05, 0.1) is 11.0 Å². The quantitative estimate of drug-likeness (QED) is 0.745. The van der Waals surface area contributed by atoms with E-state index in [0.29, 0.717) is 17.0 Å². The van der Waals surface area contributed by atoms with Crippen molar-refractivity contribution in [2.24, 2.45) is 0 Å². The number of hydrogen-bond acceptors (Lipinski definition) is 4. The Labute approximate surface area is 141 Å². The molecule has 3 aromatic rings. The van der Waals surface area contributed by atoms with Gasteiger partial charge < -0.3 is 10.6 Å². The van der Waals surface area contributed by atoms with Crippen LogP contribution in [0, 0.1) is 6.92 Å². The summed E-state index contributed by atoms with van der Waals surface area (Å²) in [5.41, 5.74) is 3.61. The number of anilines is 2. The van der Waals surface area contributed by atoms with Gasteiger partial charge in [0, 0.05) is 12.2 Å². The maximum Gasteiger partial charge on any atom is 0.278 e. The molecule has 0 aliphatic carbocycles. The van der Waals surface area contributed by atoms with E-state index in [1.165, 1.54) is 0 Å². The van der Waals surface area contributed by atoms with E-state index in [4.69, 9.17) is 0 Å². The van der Waals surface area contributed by atoms with Crippen molar-refractivity contribution in [2.75, 3.05) is 17.2 Å². The van der Waals surface area contributed by atoms with E-state index < -0.39 is 0 Å². The van der Waals surface area contributed by atoms with Crippen molar-refractivity contribution in [1.29, 1.82) is 0 Å². The van der Waals surface area contributed by atoms with Crippen LogP contribution in [0.5, 0.6) is 0 Å².